The Morgan fingerprint density at radius 3 is 2.73 bits per heavy atom. The zero-order chi connectivity index (χ0) is 23.1. The number of aromatic nitrogens is 1. The molecule has 0 aliphatic carbocycles. The minimum atomic E-state index is -0.329. The van der Waals surface area contributed by atoms with E-state index in [2.05, 4.69) is 38.3 Å². The zero-order valence-corrected chi connectivity index (χ0v) is 21.1. The van der Waals surface area contributed by atoms with E-state index in [0.29, 0.717) is 28.8 Å². The number of fused-ring (bicyclic) bond motifs is 1. The summed E-state index contributed by atoms with van der Waals surface area (Å²) in [5.74, 6) is -0.238. The van der Waals surface area contributed by atoms with Crippen LogP contribution < -0.4 is 10.2 Å². The lowest BCUT2D eigenvalue weighted by molar-refractivity contribution is -0.137. The number of piperidine rings is 1. The van der Waals surface area contributed by atoms with E-state index in [1.165, 1.54) is 11.1 Å². The number of thiol groups is 1. The summed E-state index contributed by atoms with van der Waals surface area (Å²) >= 11 is 6.82. The summed E-state index contributed by atoms with van der Waals surface area (Å²) < 4.78 is 15.0. The third kappa shape index (κ3) is 4.62. The van der Waals surface area contributed by atoms with Crippen LogP contribution in [-0.4, -0.2) is 58.8 Å². The highest BCUT2D eigenvalue weighted by molar-refractivity contribution is 14.1. The number of hydrogen-bond donors (Lipinski definition) is 2. The third-order valence-electron chi connectivity index (χ3n) is 6.67. The molecule has 2 amide bonds. The van der Waals surface area contributed by atoms with Gasteiger partial charge in [0.2, 0.25) is 11.8 Å². The van der Waals surface area contributed by atoms with Gasteiger partial charge in [-0.3, -0.25) is 24.7 Å². The van der Waals surface area contributed by atoms with Crippen LogP contribution in [0.5, 0.6) is 0 Å². The Kier molecular flexibility index (Phi) is 6.60. The highest BCUT2D eigenvalue weighted by Crippen LogP contribution is 2.39. The molecule has 2 atom stereocenters. The quantitative estimate of drug-likeness (QED) is 0.329. The number of nitrogens with zero attached hydrogens (tertiary/aromatic N) is 4. The number of carbonyl (C=O) groups excluding carboxylic acids is 2. The fraction of sp³-hybridized carbons (Fsp3) is 0.435. The highest BCUT2D eigenvalue weighted by Gasteiger charge is 2.39. The maximum absolute atomic E-state index is 14.4. The Balaban J connectivity index is 1.22. The van der Waals surface area contributed by atoms with Crippen LogP contribution in [0.3, 0.4) is 0 Å². The van der Waals surface area contributed by atoms with Gasteiger partial charge in [0.1, 0.15) is 0 Å². The minimum absolute atomic E-state index is 0.171. The molecule has 2 saturated heterocycles. The largest absolute Gasteiger partial charge is 0.352 e. The number of benzene rings is 1. The van der Waals surface area contributed by atoms with Crippen LogP contribution in [0.1, 0.15) is 34.9 Å². The molecule has 2 aromatic rings. The van der Waals surface area contributed by atoms with Crippen molar-refractivity contribution in [3.8, 4) is 0 Å². The van der Waals surface area contributed by atoms with Crippen molar-refractivity contribution < 1.29 is 14.0 Å². The Labute approximate surface area is 211 Å². The first-order chi connectivity index (χ1) is 15.9. The van der Waals surface area contributed by atoms with Crippen molar-refractivity contribution in [2.45, 2.75) is 37.3 Å². The number of rotatable bonds is 4. The van der Waals surface area contributed by atoms with E-state index in [-0.39, 0.29) is 29.0 Å². The molecule has 5 rings (SSSR count). The molecule has 2 fully saturated rings. The van der Waals surface area contributed by atoms with Gasteiger partial charge >= 0.3 is 0 Å². The van der Waals surface area contributed by atoms with Crippen molar-refractivity contribution in [2.75, 3.05) is 31.1 Å². The molecule has 174 valence electrons. The van der Waals surface area contributed by atoms with E-state index in [0.717, 1.165) is 38.3 Å². The Morgan fingerprint density at radius 1 is 1.18 bits per heavy atom. The van der Waals surface area contributed by atoms with E-state index in [9.17, 15) is 14.0 Å². The first-order valence-electron chi connectivity index (χ1n) is 11.1. The van der Waals surface area contributed by atoms with E-state index in [1.54, 1.807) is 12.3 Å². The number of imide groups is 1. The summed E-state index contributed by atoms with van der Waals surface area (Å²) in [5.41, 5.74) is 3.50. The van der Waals surface area contributed by atoms with Gasteiger partial charge in [-0.15, -0.1) is 0 Å². The van der Waals surface area contributed by atoms with Gasteiger partial charge in [-0.05, 0) is 51.8 Å². The van der Waals surface area contributed by atoms with Crippen molar-refractivity contribution in [1.29, 1.82) is 0 Å². The van der Waals surface area contributed by atoms with Crippen LogP contribution in [0.2, 0.25) is 0 Å². The molecule has 0 bridgehead atoms. The third-order valence-corrected chi connectivity index (χ3v) is 8.08. The number of hydrogen-bond acceptors (Lipinski definition) is 7. The monoisotopic (exact) mass is 581 g/mol. The molecule has 33 heavy (non-hydrogen) atoms. The fourth-order valence-corrected chi connectivity index (χ4v) is 5.76. The molecule has 0 saturated carbocycles. The van der Waals surface area contributed by atoms with Gasteiger partial charge in [-0.1, -0.05) is 18.2 Å². The lowest BCUT2D eigenvalue weighted by Crippen LogP contribution is -2.51. The molecule has 1 N–H and O–H groups in total. The normalized spacial score (nSPS) is 24.2. The topological polar surface area (TPSA) is 68.8 Å². The van der Waals surface area contributed by atoms with Crippen molar-refractivity contribution >= 4 is 52.9 Å². The lowest BCUT2D eigenvalue weighted by atomic mass is 10.0. The van der Waals surface area contributed by atoms with Gasteiger partial charge in [0.25, 0.3) is 0 Å². The second-order valence-corrected chi connectivity index (χ2v) is 10.4. The summed E-state index contributed by atoms with van der Waals surface area (Å²) in [4.78, 5) is 34.5. The van der Waals surface area contributed by atoms with E-state index < -0.39 is 0 Å². The molecular formula is C23H25FIN5O2S. The Hall–Kier alpha value is -1.76. The smallest absolute Gasteiger partial charge is 0.243 e. The maximum atomic E-state index is 14.4. The molecule has 7 nitrogen and oxygen atoms in total. The number of anilines is 1. The van der Waals surface area contributed by atoms with Gasteiger partial charge in [0, 0.05) is 51.9 Å². The molecule has 0 radical (unpaired) electrons. The van der Waals surface area contributed by atoms with Crippen LogP contribution in [0.25, 0.3) is 0 Å². The van der Waals surface area contributed by atoms with Gasteiger partial charge < -0.3 is 4.90 Å². The first-order valence-corrected chi connectivity index (χ1v) is 12.7. The summed E-state index contributed by atoms with van der Waals surface area (Å²) in [6.45, 7) is 4.58. The molecule has 0 spiro atoms. The van der Waals surface area contributed by atoms with Crippen LogP contribution in [-0.2, 0) is 22.7 Å². The summed E-state index contributed by atoms with van der Waals surface area (Å²) in [6, 6.07) is 7.80. The van der Waals surface area contributed by atoms with E-state index in [1.807, 2.05) is 27.5 Å². The molecule has 3 aliphatic rings. The first kappa shape index (κ1) is 23.0. The number of carbonyl (C=O) groups is 2. The predicted octanol–water partition coefficient (Wildman–Crippen LogP) is 2.70. The molecule has 3 aliphatic heterocycles. The second kappa shape index (κ2) is 9.47. The van der Waals surface area contributed by atoms with E-state index in [4.69, 9.17) is 12.6 Å². The van der Waals surface area contributed by atoms with Gasteiger partial charge in [-0.2, -0.15) is 12.6 Å². The Morgan fingerprint density at radius 2 is 1.97 bits per heavy atom. The summed E-state index contributed by atoms with van der Waals surface area (Å²) in [7, 11) is 0. The summed E-state index contributed by atoms with van der Waals surface area (Å²) in [5, 5.41) is 2.28. The fourth-order valence-electron chi connectivity index (χ4n) is 4.87. The van der Waals surface area contributed by atoms with Crippen LogP contribution in [0, 0.1) is 9.39 Å². The van der Waals surface area contributed by atoms with E-state index >= 15 is 0 Å². The zero-order valence-electron chi connectivity index (χ0n) is 18.0. The van der Waals surface area contributed by atoms with Crippen molar-refractivity contribution in [2.24, 2.45) is 0 Å². The van der Waals surface area contributed by atoms with Crippen LogP contribution >= 0.6 is 35.2 Å². The van der Waals surface area contributed by atoms with Crippen LogP contribution in [0.15, 0.2) is 30.5 Å². The number of piperazine rings is 1. The van der Waals surface area contributed by atoms with Crippen molar-refractivity contribution in [1.82, 2.24) is 20.1 Å². The highest BCUT2D eigenvalue weighted by atomic mass is 127. The molecule has 1 aromatic heterocycles. The maximum Gasteiger partial charge on any atom is 0.243 e. The number of nitrogens with one attached hydrogen (secondary N) is 1. The van der Waals surface area contributed by atoms with Gasteiger partial charge in [-0.25, -0.2) is 9.37 Å². The summed E-state index contributed by atoms with van der Waals surface area (Å²) in [6.07, 6.45) is 2.55. The number of pyridine rings is 1. The standard InChI is InChI=1S/C23H25FIN5O2S/c24-20-17(25)5-6-26-21(20)29-9-7-28(8-10-29)12-14-1-2-15-13-30(23(33)16(15)11-14)18-3-4-19(31)27-22(18)32/h1-2,5-6,11,18,23,33H,3-4,7-10,12-13H2,(H,27,31,32). The molecule has 4 heterocycles. The molecular weight excluding hydrogens is 556 g/mol. The SMILES string of the molecule is O=C1CCC(N2Cc3ccc(CN4CCN(c5nccc(I)c5F)CC4)cc3C2S)C(=O)N1. The van der Waals surface area contributed by atoms with Gasteiger partial charge in [0.15, 0.2) is 11.6 Å². The molecule has 10 heteroatoms. The number of halogens is 2. The minimum Gasteiger partial charge on any atom is -0.352 e. The number of amides is 2. The second-order valence-electron chi connectivity index (χ2n) is 8.74. The predicted molar refractivity (Wildman–Crippen MR) is 134 cm³/mol. The molecule has 2 unspecified atom stereocenters. The average Bonchev–Trinajstić information content (AvgIpc) is 3.12. The molecule has 1 aromatic carbocycles. The van der Waals surface area contributed by atoms with Crippen molar-refractivity contribution in [3.63, 3.8) is 0 Å². The van der Waals surface area contributed by atoms with Crippen LogP contribution in [0.4, 0.5) is 10.2 Å². The van der Waals surface area contributed by atoms with Crippen molar-refractivity contribution in [3.05, 3.63) is 56.5 Å². The van der Waals surface area contributed by atoms with Gasteiger partial charge in [0.05, 0.1) is 15.0 Å². The average molecular weight is 581 g/mol. The Bertz CT molecular complexity index is 1090. The lowest BCUT2D eigenvalue weighted by Gasteiger charge is -2.35.